The third-order valence-electron chi connectivity index (χ3n) is 1.96. The molecule has 0 bridgehead atoms. The molecule has 0 saturated heterocycles. The van der Waals surface area contributed by atoms with E-state index in [1.54, 1.807) is 19.9 Å². The number of ether oxygens (including phenoxy) is 1. The van der Waals surface area contributed by atoms with Crippen molar-refractivity contribution >= 4 is 11.8 Å². The number of carbonyl (C=O) groups excluding carboxylic acids is 1. The highest BCUT2D eigenvalue weighted by molar-refractivity contribution is 5.85. The van der Waals surface area contributed by atoms with Crippen LogP contribution >= 0.6 is 0 Å². The van der Waals surface area contributed by atoms with Crippen molar-refractivity contribution in [2.24, 2.45) is 0 Å². The van der Waals surface area contributed by atoms with Crippen molar-refractivity contribution in [3.8, 4) is 11.8 Å². The van der Waals surface area contributed by atoms with E-state index in [0.29, 0.717) is 18.1 Å². The molecule has 0 aromatic carbocycles. The van der Waals surface area contributed by atoms with Gasteiger partial charge in [-0.1, -0.05) is 0 Å². The highest BCUT2D eigenvalue weighted by Crippen LogP contribution is 2.06. The van der Waals surface area contributed by atoms with Crippen molar-refractivity contribution in [3.63, 3.8) is 0 Å². The van der Waals surface area contributed by atoms with E-state index in [9.17, 15) is 4.79 Å². The van der Waals surface area contributed by atoms with Crippen LogP contribution in [0.5, 0.6) is 0 Å². The maximum atomic E-state index is 11.3. The molecule has 0 unspecified atom stereocenters. The molecule has 1 rings (SSSR count). The fraction of sp³-hybridized carbons (Fsp3) is 0.417. The van der Waals surface area contributed by atoms with Crippen LogP contribution in [0, 0.1) is 18.8 Å². The van der Waals surface area contributed by atoms with Gasteiger partial charge < -0.3 is 10.1 Å². The summed E-state index contributed by atoms with van der Waals surface area (Å²) < 4.78 is 4.58. The van der Waals surface area contributed by atoms with Gasteiger partial charge in [-0.25, -0.2) is 14.8 Å². The van der Waals surface area contributed by atoms with E-state index in [0.717, 1.165) is 6.42 Å². The van der Waals surface area contributed by atoms with Crippen molar-refractivity contribution in [2.75, 3.05) is 19.0 Å². The average molecular weight is 233 g/mol. The molecule has 0 aliphatic rings. The normalized spacial score (nSPS) is 9.12. The Morgan fingerprint density at radius 1 is 1.53 bits per heavy atom. The Bertz CT molecular complexity index is 461. The highest BCUT2D eigenvalue weighted by atomic mass is 16.5. The van der Waals surface area contributed by atoms with Crippen LogP contribution in [0.2, 0.25) is 0 Å². The van der Waals surface area contributed by atoms with E-state index < -0.39 is 5.97 Å². The molecule has 5 nitrogen and oxygen atoms in total. The van der Waals surface area contributed by atoms with Crippen LogP contribution in [0.4, 0.5) is 5.82 Å². The Morgan fingerprint density at radius 3 is 2.94 bits per heavy atom. The number of methoxy groups -OCH3 is 1. The minimum atomic E-state index is -0.537. The van der Waals surface area contributed by atoms with E-state index in [4.69, 9.17) is 0 Å². The molecule has 1 aromatic rings. The Morgan fingerprint density at radius 2 is 2.29 bits per heavy atom. The molecule has 90 valence electrons. The Balaban J connectivity index is 2.74. The summed E-state index contributed by atoms with van der Waals surface area (Å²) in [7, 11) is 1.30. The maximum absolute atomic E-state index is 11.3. The summed E-state index contributed by atoms with van der Waals surface area (Å²) in [5.41, 5.74) is 0.712. The predicted octanol–water partition coefficient (Wildman–Crippen LogP) is 1.40. The first kappa shape index (κ1) is 13.0. The zero-order valence-electron chi connectivity index (χ0n) is 10.2. The number of carbonyl (C=O) groups is 1. The number of esters is 1. The van der Waals surface area contributed by atoms with Crippen LogP contribution in [0.1, 0.15) is 29.7 Å². The first-order valence-electron chi connectivity index (χ1n) is 5.25. The molecule has 1 N–H and O–H groups in total. The van der Waals surface area contributed by atoms with Crippen LogP contribution in [0.25, 0.3) is 0 Å². The second-order valence-corrected chi connectivity index (χ2v) is 3.31. The van der Waals surface area contributed by atoms with Crippen LogP contribution < -0.4 is 5.32 Å². The van der Waals surface area contributed by atoms with Gasteiger partial charge in [-0.2, -0.15) is 0 Å². The quantitative estimate of drug-likeness (QED) is 0.484. The zero-order valence-corrected chi connectivity index (χ0v) is 10.2. The van der Waals surface area contributed by atoms with Crippen molar-refractivity contribution in [1.29, 1.82) is 0 Å². The van der Waals surface area contributed by atoms with Crippen molar-refractivity contribution in [1.82, 2.24) is 9.97 Å². The second kappa shape index (κ2) is 6.48. The first-order chi connectivity index (χ1) is 8.17. The van der Waals surface area contributed by atoms with Crippen LogP contribution in [0.15, 0.2) is 6.07 Å². The van der Waals surface area contributed by atoms with E-state index in [1.807, 2.05) is 0 Å². The number of anilines is 1. The molecule has 0 amide bonds. The van der Waals surface area contributed by atoms with Crippen molar-refractivity contribution < 1.29 is 9.53 Å². The Labute approximate surface area is 101 Å². The molecular formula is C12H15N3O2. The van der Waals surface area contributed by atoms with Crippen LogP contribution in [-0.4, -0.2) is 29.6 Å². The Kier molecular flexibility index (Phi) is 4.95. The number of aromatic nitrogens is 2. The van der Waals surface area contributed by atoms with Gasteiger partial charge in [0, 0.05) is 24.7 Å². The zero-order chi connectivity index (χ0) is 12.7. The highest BCUT2D eigenvalue weighted by Gasteiger charge is 2.10. The number of rotatable bonds is 4. The van der Waals surface area contributed by atoms with Crippen molar-refractivity contribution in [2.45, 2.75) is 20.3 Å². The molecule has 0 aliphatic heterocycles. The minimum Gasteiger partial charge on any atom is -0.463 e. The number of hydrogen-bond acceptors (Lipinski definition) is 5. The molecule has 0 radical (unpaired) electrons. The van der Waals surface area contributed by atoms with Crippen LogP contribution in [0.3, 0.4) is 0 Å². The van der Waals surface area contributed by atoms with Gasteiger partial charge >= 0.3 is 5.97 Å². The summed E-state index contributed by atoms with van der Waals surface area (Å²) >= 11 is 0. The number of hydrogen-bond donors (Lipinski definition) is 1. The molecule has 1 aromatic heterocycles. The molecule has 0 atom stereocenters. The summed E-state index contributed by atoms with van der Waals surface area (Å²) in [5.74, 6) is 5.88. The van der Waals surface area contributed by atoms with Gasteiger partial charge in [0.25, 0.3) is 0 Å². The topological polar surface area (TPSA) is 64.1 Å². The van der Waals surface area contributed by atoms with E-state index >= 15 is 0 Å². The molecule has 5 heteroatoms. The Hall–Kier alpha value is -2.09. The molecule has 17 heavy (non-hydrogen) atoms. The number of nitrogens with one attached hydrogen (secondary N) is 1. The van der Waals surface area contributed by atoms with Gasteiger partial charge in [0.2, 0.25) is 5.82 Å². The van der Waals surface area contributed by atoms with Gasteiger partial charge in [-0.15, -0.1) is 11.8 Å². The van der Waals surface area contributed by atoms with Gasteiger partial charge in [-0.05, 0) is 13.8 Å². The summed E-state index contributed by atoms with van der Waals surface area (Å²) in [6, 6.07) is 1.77. The molecular weight excluding hydrogens is 218 g/mol. The molecule has 0 fully saturated rings. The van der Waals surface area contributed by atoms with Gasteiger partial charge in [0.1, 0.15) is 5.82 Å². The number of aryl methyl sites for hydroxylation is 1. The van der Waals surface area contributed by atoms with Crippen LogP contribution in [-0.2, 0) is 4.74 Å². The lowest BCUT2D eigenvalue weighted by Gasteiger charge is -2.06. The standard InChI is InChI=1S/C12H15N3O2/c1-4-5-6-7-13-10-8-9(2)14-11(15-10)12(16)17-3/h8H,6-7H2,1-3H3,(H,13,14,15). The third-order valence-corrected chi connectivity index (χ3v) is 1.96. The summed E-state index contributed by atoms with van der Waals surface area (Å²) in [6.45, 7) is 4.27. The summed E-state index contributed by atoms with van der Waals surface area (Å²) in [5, 5.41) is 3.08. The fourth-order valence-corrected chi connectivity index (χ4v) is 1.22. The summed E-state index contributed by atoms with van der Waals surface area (Å²) in [4.78, 5) is 19.3. The smallest absolute Gasteiger partial charge is 0.376 e. The largest absolute Gasteiger partial charge is 0.463 e. The molecule has 0 spiro atoms. The average Bonchev–Trinajstić information content (AvgIpc) is 2.33. The SMILES string of the molecule is CC#CCCNc1cc(C)nc(C(=O)OC)n1. The van der Waals surface area contributed by atoms with Crippen molar-refractivity contribution in [3.05, 3.63) is 17.6 Å². The molecule has 0 aliphatic carbocycles. The third kappa shape index (κ3) is 4.11. The first-order valence-corrected chi connectivity index (χ1v) is 5.25. The lowest BCUT2D eigenvalue weighted by molar-refractivity contribution is 0.0586. The number of nitrogens with zero attached hydrogens (tertiary/aromatic N) is 2. The monoisotopic (exact) mass is 233 g/mol. The minimum absolute atomic E-state index is 0.0663. The van der Waals surface area contributed by atoms with Gasteiger partial charge in [0.05, 0.1) is 7.11 Å². The molecule has 1 heterocycles. The fourth-order valence-electron chi connectivity index (χ4n) is 1.22. The van der Waals surface area contributed by atoms with E-state index in [-0.39, 0.29) is 5.82 Å². The molecule has 0 saturated carbocycles. The van der Waals surface area contributed by atoms with E-state index in [2.05, 4.69) is 31.9 Å². The summed E-state index contributed by atoms with van der Waals surface area (Å²) in [6.07, 6.45) is 0.729. The van der Waals surface area contributed by atoms with Gasteiger partial charge in [-0.3, -0.25) is 0 Å². The maximum Gasteiger partial charge on any atom is 0.376 e. The predicted molar refractivity (Wildman–Crippen MR) is 64.7 cm³/mol. The van der Waals surface area contributed by atoms with E-state index in [1.165, 1.54) is 7.11 Å². The van der Waals surface area contributed by atoms with Gasteiger partial charge in [0.15, 0.2) is 0 Å². The lowest BCUT2D eigenvalue weighted by Crippen LogP contribution is -2.11. The lowest BCUT2D eigenvalue weighted by atomic mass is 10.3. The second-order valence-electron chi connectivity index (χ2n) is 3.31.